The van der Waals surface area contributed by atoms with Crippen molar-refractivity contribution in [1.29, 1.82) is 0 Å². The molecule has 0 saturated heterocycles. The number of Topliss-reactive ketones (excluding diaryl/α,β-unsaturated/α-hetero) is 2. The molecule has 0 radical (unpaired) electrons. The lowest BCUT2D eigenvalue weighted by Gasteiger charge is -2.42. The highest BCUT2D eigenvalue weighted by Gasteiger charge is 2.46. The Morgan fingerprint density at radius 2 is 0.594 bits per heavy atom. The zero-order chi connectivity index (χ0) is 44.7. The summed E-state index contributed by atoms with van der Waals surface area (Å²) in [7, 11) is 0. The second-order valence-corrected chi connectivity index (χ2v) is 20.7. The molecule has 9 aliphatic rings. The van der Waals surface area contributed by atoms with E-state index in [2.05, 4.69) is 192 Å². The predicted octanol–water partition coefficient (Wildman–Crippen LogP) is 14.6. The van der Waals surface area contributed by atoms with Crippen molar-refractivity contribution in [2.24, 2.45) is 0 Å². The van der Waals surface area contributed by atoms with Gasteiger partial charge in [-0.2, -0.15) is 0 Å². The molecule has 6 bridgehead atoms. The molecule has 21 rings (SSSR count). The van der Waals surface area contributed by atoms with E-state index in [1.165, 1.54) is 77.2 Å². The number of fused-ring (bicyclic) bond motifs is 8. The third kappa shape index (κ3) is 4.03. The van der Waals surface area contributed by atoms with Crippen LogP contribution in [0.4, 0.5) is 0 Å². The van der Waals surface area contributed by atoms with Crippen molar-refractivity contribution in [1.82, 2.24) is 4.40 Å². The molecule has 3 nitrogen and oxygen atoms in total. The number of benzene rings is 10. The van der Waals surface area contributed by atoms with Crippen molar-refractivity contribution < 1.29 is 9.59 Å². The molecular weight excluding hydrogens is 839 g/mol. The van der Waals surface area contributed by atoms with E-state index in [-0.39, 0.29) is 47.1 Å². The van der Waals surface area contributed by atoms with Crippen LogP contribution in [0.3, 0.4) is 0 Å². The van der Waals surface area contributed by atoms with Crippen LogP contribution in [0.5, 0.6) is 0 Å². The van der Waals surface area contributed by atoms with Gasteiger partial charge in [-0.05, 0) is 142 Å². The number of nitrogens with zero attached hydrogens (tertiary/aromatic N) is 1. The number of carbonyl (C=O) groups excluding carboxylic acids is 2. The van der Waals surface area contributed by atoms with Gasteiger partial charge in [-0.25, -0.2) is 0 Å². The minimum absolute atomic E-state index is 0.0668. The first-order valence-electron chi connectivity index (χ1n) is 24.5. The number of hydrogen-bond acceptors (Lipinski definition) is 2. The molecule has 0 N–H and O–H groups in total. The van der Waals surface area contributed by atoms with E-state index < -0.39 is 0 Å². The average molecular weight is 876 g/mol. The average Bonchev–Trinajstić information content (AvgIpc) is 3.75. The zero-order valence-corrected chi connectivity index (χ0v) is 37.1. The standard InChI is InChI=1S/C66H37NO2/c68-65-52-30-55-46(28-49(52)59-37-17-5-9-21-41(37)62(65)42-22-10-6-18-38(42)59)51-26-32-25-47-48(58-35-15-3-1-13-33(35)57(47)34-14-2-4-16-36(34)58)27-45(32)61-54-29-50-53(31-56(54)67(55)64(51)61)66(69)63-43-23-11-7-19-39(43)60(50)40-20-8-12-24-44(40)63/h1-31,57-60,62-63H. The van der Waals surface area contributed by atoms with Gasteiger partial charge in [0.25, 0.3) is 0 Å². The van der Waals surface area contributed by atoms with E-state index in [9.17, 15) is 0 Å². The normalized spacial score (nSPS) is 21.4. The second-order valence-electron chi connectivity index (χ2n) is 20.7. The van der Waals surface area contributed by atoms with Crippen LogP contribution < -0.4 is 0 Å². The predicted molar refractivity (Wildman–Crippen MR) is 273 cm³/mol. The van der Waals surface area contributed by atoms with Crippen LogP contribution in [0.15, 0.2) is 188 Å². The summed E-state index contributed by atoms with van der Waals surface area (Å²) >= 11 is 0. The number of hydrogen-bond donors (Lipinski definition) is 0. The Hall–Kier alpha value is -8.40. The Balaban J connectivity index is 1.00. The smallest absolute Gasteiger partial charge is 0.175 e. The van der Waals surface area contributed by atoms with E-state index in [0.717, 1.165) is 71.8 Å². The lowest BCUT2D eigenvalue weighted by atomic mass is 9.61. The molecule has 3 heteroatoms. The maximum absolute atomic E-state index is 15.5. The van der Waals surface area contributed by atoms with E-state index >= 15 is 9.59 Å². The minimum atomic E-state index is -0.376. The van der Waals surface area contributed by atoms with Gasteiger partial charge >= 0.3 is 0 Å². The molecule has 9 aliphatic carbocycles. The molecule has 0 aliphatic heterocycles. The largest absolute Gasteiger partial charge is 0.308 e. The number of ketones is 2. The Morgan fingerprint density at radius 3 is 1.00 bits per heavy atom. The fraction of sp³-hybridized carbons (Fsp3) is 0.0909. The van der Waals surface area contributed by atoms with E-state index in [4.69, 9.17) is 0 Å². The molecule has 2 aromatic heterocycles. The molecule has 0 saturated carbocycles. The Labute approximate surface area is 396 Å². The van der Waals surface area contributed by atoms with Gasteiger partial charge in [0.2, 0.25) is 0 Å². The molecule has 0 amide bonds. The highest BCUT2D eigenvalue weighted by molar-refractivity contribution is 6.32. The molecule has 0 fully saturated rings. The molecule has 0 unspecified atom stereocenters. The van der Waals surface area contributed by atoms with Crippen LogP contribution in [-0.2, 0) is 0 Å². The zero-order valence-electron chi connectivity index (χ0n) is 37.1. The SMILES string of the molecule is O=C1c2cc3c(cc2C2c4ccccc4C1c1ccccc12)c1cc2cc4c(cc2c2c5cc6c(cc5n3c12)C(=O)C1c2ccccc2C6c2ccccc21)C1c2ccccc2C4c2ccccc21. The molecule has 10 aromatic carbocycles. The Morgan fingerprint density at radius 1 is 0.275 bits per heavy atom. The van der Waals surface area contributed by atoms with Gasteiger partial charge in [0, 0.05) is 56.3 Å². The van der Waals surface area contributed by atoms with Crippen molar-refractivity contribution in [3.05, 3.63) is 288 Å². The van der Waals surface area contributed by atoms with Gasteiger partial charge in [0.05, 0.1) is 28.4 Å². The van der Waals surface area contributed by atoms with Crippen molar-refractivity contribution in [2.45, 2.75) is 35.5 Å². The van der Waals surface area contributed by atoms with Gasteiger partial charge in [-0.1, -0.05) is 146 Å². The van der Waals surface area contributed by atoms with Crippen molar-refractivity contribution in [3.8, 4) is 0 Å². The highest BCUT2D eigenvalue weighted by Crippen LogP contribution is 2.59. The maximum Gasteiger partial charge on any atom is 0.175 e. The van der Waals surface area contributed by atoms with Crippen LogP contribution in [0.1, 0.15) is 145 Å². The summed E-state index contributed by atoms with van der Waals surface area (Å²) in [5.41, 5.74) is 24.7. The molecule has 0 spiro atoms. The first kappa shape index (κ1) is 35.7. The van der Waals surface area contributed by atoms with Gasteiger partial charge in [-0.15, -0.1) is 0 Å². The second kappa shape index (κ2) is 12.0. The fourth-order valence-corrected chi connectivity index (χ4v) is 15.4. The summed E-state index contributed by atoms with van der Waals surface area (Å²) in [4.78, 5) is 30.9. The summed E-state index contributed by atoms with van der Waals surface area (Å²) in [6.45, 7) is 0. The first-order chi connectivity index (χ1) is 34.1. The summed E-state index contributed by atoms with van der Waals surface area (Å²) in [5, 5.41) is 7.14. The molecule has 2 heterocycles. The molecule has 69 heavy (non-hydrogen) atoms. The Kier molecular flexibility index (Phi) is 6.22. The van der Waals surface area contributed by atoms with Crippen LogP contribution >= 0.6 is 0 Å². The topological polar surface area (TPSA) is 38.5 Å². The first-order valence-corrected chi connectivity index (χ1v) is 24.5. The molecule has 0 atom stereocenters. The Bertz CT molecular complexity index is 4330. The van der Waals surface area contributed by atoms with Crippen molar-refractivity contribution in [3.63, 3.8) is 0 Å². The molecule has 318 valence electrons. The van der Waals surface area contributed by atoms with Crippen LogP contribution in [0.2, 0.25) is 0 Å². The monoisotopic (exact) mass is 875 g/mol. The maximum atomic E-state index is 15.5. The highest BCUT2D eigenvalue weighted by atomic mass is 16.1. The quantitative estimate of drug-likeness (QED) is 0.152. The van der Waals surface area contributed by atoms with E-state index in [1.54, 1.807) is 0 Å². The van der Waals surface area contributed by atoms with Gasteiger partial charge in [0.1, 0.15) is 0 Å². The van der Waals surface area contributed by atoms with Crippen molar-refractivity contribution in [2.75, 3.05) is 0 Å². The van der Waals surface area contributed by atoms with Crippen LogP contribution in [-0.4, -0.2) is 16.0 Å². The lowest BCUT2D eigenvalue weighted by molar-refractivity contribution is 0.0966. The summed E-state index contributed by atoms with van der Waals surface area (Å²) in [6, 6.07) is 69.5. The number of carbonyl (C=O) groups is 2. The van der Waals surface area contributed by atoms with Gasteiger partial charge in [-0.3, -0.25) is 9.59 Å². The minimum Gasteiger partial charge on any atom is -0.308 e. The van der Waals surface area contributed by atoms with Gasteiger partial charge in [0.15, 0.2) is 11.6 Å². The van der Waals surface area contributed by atoms with Crippen molar-refractivity contribution >= 4 is 60.4 Å². The molecule has 12 aromatic rings. The van der Waals surface area contributed by atoms with Crippen LogP contribution in [0.25, 0.3) is 48.9 Å². The van der Waals surface area contributed by atoms with Crippen LogP contribution in [0, 0.1) is 0 Å². The summed E-state index contributed by atoms with van der Waals surface area (Å²) < 4.78 is 2.44. The third-order valence-corrected chi connectivity index (χ3v) is 17.9. The summed E-state index contributed by atoms with van der Waals surface area (Å²) in [5.74, 6) is -0.308. The fourth-order valence-electron chi connectivity index (χ4n) is 15.4. The van der Waals surface area contributed by atoms with Gasteiger partial charge < -0.3 is 4.40 Å². The van der Waals surface area contributed by atoms with E-state index in [1.807, 2.05) is 0 Å². The molecular formula is C66H37NO2. The number of rotatable bonds is 0. The number of aromatic nitrogens is 1. The van der Waals surface area contributed by atoms with E-state index in [0.29, 0.717) is 0 Å². The summed E-state index contributed by atoms with van der Waals surface area (Å²) in [6.07, 6.45) is 0. The third-order valence-electron chi connectivity index (χ3n) is 17.9. The lowest BCUT2D eigenvalue weighted by Crippen LogP contribution is -2.27.